The van der Waals surface area contributed by atoms with E-state index in [1.165, 1.54) is 13.2 Å². The fourth-order valence-electron chi connectivity index (χ4n) is 2.06. The SMILES string of the molecule is COc1cccc(F)c1-c1cc(-c2ccncc2)n[nH]1. The van der Waals surface area contributed by atoms with E-state index in [1.54, 1.807) is 30.6 Å². The quantitative estimate of drug-likeness (QED) is 0.793. The maximum atomic E-state index is 14.0. The topological polar surface area (TPSA) is 50.8 Å². The minimum atomic E-state index is -0.353. The predicted molar refractivity (Wildman–Crippen MR) is 73.8 cm³/mol. The molecule has 0 atom stereocenters. The van der Waals surface area contributed by atoms with Crippen molar-refractivity contribution in [2.45, 2.75) is 0 Å². The van der Waals surface area contributed by atoms with Crippen LogP contribution < -0.4 is 4.74 Å². The normalized spacial score (nSPS) is 10.5. The Morgan fingerprint density at radius 3 is 2.70 bits per heavy atom. The molecule has 3 rings (SSSR count). The Balaban J connectivity index is 2.07. The number of ether oxygens (including phenoxy) is 1. The average molecular weight is 269 g/mol. The van der Waals surface area contributed by atoms with Gasteiger partial charge in [0.15, 0.2) is 0 Å². The van der Waals surface area contributed by atoms with Crippen LogP contribution in [0.25, 0.3) is 22.5 Å². The minimum Gasteiger partial charge on any atom is -0.496 e. The molecule has 4 nitrogen and oxygen atoms in total. The Morgan fingerprint density at radius 2 is 1.95 bits per heavy atom. The fourth-order valence-corrected chi connectivity index (χ4v) is 2.06. The third-order valence-corrected chi connectivity index (χ3v) is 3.02. The van der Waals surface area contributed by atoms with Gasteiger partial charge in [0.25, 0.3) is 0 Å². The molecule has 1 N–H and O–H groups in total. The molecular weight excluding hydrogens is 257 g/mol. The van der Waals surface area contributed by atoms with E-state index in [9.17, 15) is 4.39 Å². The lowest BCUT2D eigenvalue weighted by Gasteiger charge is -2.06. The van der Waals surface area contributed by atoms with Gasteiger partial charge in [0.2, 0.25) is 0 Å². The van der Waals surface area contributed by atoms with Crippen LogP contribution in [0.2, 0.25) is 0 Å². The van der Waals surface area contributed by atoms with Gasteiger partial charge in [-0.05, 0) is 30.3 Å². The molecule has 1 aromatic carbocycles. The van der Waals surface area contributed by atoms with Gasteiger partial charge in [-0.1, -0.05) is 6.07 Å². The van der Waals surface area contributed by atoms with Crippen LogP contribution in [0.1, 0.15) is 0 Å². The van der Waals surface area contributed by atoms with Crippen molar-refractivity contribution >= 4 is 0 Å². The van der Waals surface area contributed by atoms with Crippen molar-refractivity contribution < 1.29 is 9.13 Å². The summed E-state index contributed by atoms with van der Waals surface area (Å²) >= 11 is 0. The van der Waals surface area contributed by atoms with Crippen molar-refractivity contribution in [1.82, 2.24) is 15.2 Å². The second-order valence-electron chi connectivity index (χ2n) is 4.22. The molecule has 0 aliphatic carbocycles. The number of benzene rings is 1. The van der Waals surface area contributed by atoms with Crippen LogP contribution in [0.5, 0.6) is 5.75 Å². The van der Waals surface area contributed by atoms with Gasteiger partial charge in [0.05, 0.1) is 24.1 Å². The fraction of sp³-hybridized carbons (Fsp3) is 0.0667. The molecule has 0 radical (unpaired) electrons. The van der Waals surface area contributed by atoms with Crippen molar-refractivity contribution in [1.29, 1.82) is 0 Å². The molecule has 0 saturated heterocycles. The van der Waals surface area contributed by atoms with Crippen LogP contribution in [0.3, 0.4) is 0 Å². The summed E-state index contributed by atoms with van der Waals surface area (Å²) in [6.45, 7) is 0. The lowest BCUT2D eigenvalue weighted by atomic mass is 10.1. The third-order valence-electron chi connectivity index (χ3n) is 3.02. The van der Waals surface area contributed by atoms with Gasteiger partial charge in [-0.2, -0.15) is 5.10 Å². The van der Waals surface area contributed by atoms with E-state index in [4.69, 9.17) is 4.74 Å². The molecule has 100 valence electrons. The van der Waals surface area contributed by atoms with Crippen LogP contribution >= 0.6 is 0 Å². The number of nitrogens with one attached hydrogen (secondary N) is 1. The number of hydrogen-bond acceptors (Lipinski definition) is 3. The summed E-state index contributed by atoms with van der Waals surface area (Å²) in [5.74, 6) is 0.115. The van der Waals surface area contributed by atoms with Crippen LogP contribution in [0.4, 0.5) is 4.39 Å². The first-order valence-electron chi connectivity index (χ1n) is 6.08. The molecule has 0 bridgehead atoms. The Labute approximate surface area is 115 Å². The lowest BCUT2D eigenvalue weighted by Crippen LogP contribution is -1.91. The maximum absolute atomic E-state index is 14.0. The molecule has 20 heavy (non-hydrogen) atoms. The smallest absolute Gasteiger partial charge is 0.136 e. The molecule has 3 aromatic rings. The largest absolute Gasteiger partial charge is 0.496 e. The molecule has 0 fully saturated rings. The lowest BCUT2D eigenvalue weighted by molar-refractivity contribution is 0.413. The molecule has 2 heterocycles. The zero-order chi connectivity index (χ0) is 13.9. The Hall–Kier alpha value is -2.69. The standard InChI is InChI=1S/C15H12FN3O/c1-20-14-4-2-3-11(16)15(14)13-9-12(18-19-13)10-5-7-17-8-6-10/h2-9H,1H3,(H,18,19). The maximum Gasteiger partial charge on any atom is 0.136 e. The molecule has 0 unspecified atom stereocenters. The summed E-state index contributed by atoms with van der Waals surface area (Å²) in [6, 6.07) is 10.2. The molecule has 0 saturated carbocycles. The predicted octanol–water partition coefficient (Wildman–Crippen LogP) is 3.29. The van der Waals surface area contributed by atoms with E-state index >= 15 is 0 Å². The van der Waals surface area contributed by atoms with Gasteiger partial charge < -0.3 is 4.74 Å². The summed E-state index contributed by atoms with van der Waals surface area (Å²) < 4.78 is 19.2. The first-order chi connectivity index (χ1) is 9.79. The molecular formula is C15H12FN3O. The van der Waals surface area contributed by atoms with Gasteiger partial charge >= 0.3 is 0 Å². The van der Waals surface area contributed by atoms with Crippen LogP contribution in [0.15, 0.2) is 48.8 Å². The molecule has 0 spiro atoms. The second-order valence-corrected chi connectivity index (χ2v) is 4.22. The van der Waals surface area contributed by atoms with E-state index in [2.05, 4.69) is 15.2 Å². The number of rotatable bonds is 3. The van der Waals surface area contributed by atoms with Gasteiger partial charge in [-0.25, -0.2) is 4.39 Å². The molecule has 0 aliphatic heterocycles. The Morgan fingerprint density at radius 1 is 1.15 bits per heavy atom. The monoisotopic (exact) mass is 269 g/mol. The van der Waals surface area contributed by atoms with E-state index < -0.39 is 0 Å². The minimum absolute atomic E-state index is 0.353. The Bertz CT molecular complexity index is 725. The van der Waals surface area contributed by atoms with E-state index in [0.29, 0.717) is 17.0 Å². The first kappa shape index (κ1) is 12.3. The van der Waals surface area contributed by atoms with E-state index in [-0.39, 0.29) is 5.82 Å². The van der Waals surface area contributed by atoms with Crippen LogP contribution in [-0.2, 0) is 0 Å². The number of methoxy groups -OCH3 is 1. The second kappa shape index (κ2) is 5.13. The van der Waals surface area contributed by atoms with Gasteiger partial charge in [0.1, 0.15) is 11.6 Å². The summed E-state index contributed by atoms with van der Waals surface area (Å²) in [5, 5.41) is 7.05. The Kier molecular flexibility index (Phi) is 3.16. The van der Waals surface area contributed by atoms with Crippen LogP contribution in [0, 0.1) is 5.82 Å². The van der Waals surface area contributed by atoms with Crippen molar-refractivity contribution in [3.63, 3.8) is 0 Å². The van der Waals surface area contributed by atoms with Gasteiger partial charge in [-0.15, -0.1) is 0 Å². The van der Waals surface area contributed by atoms with Gasteiger partial charge in [0, 0.05) is 18.0 Å². The first-order valence-corrected chi connectivity index (χ1v) is 6.08. The molecule has 2 aromatic heterocycles. The number of H-pyrrole nitrogens is 1. The average Bonchev–Trinajstić information content (AvgIpc) is 2.97. The highest BCUT2D eigenvalue weighted by molar-refractivity contribution is 5.72. The highest BCUT2D eigenvalue weighted by Gasteiger charge is 2.14. The van der Waals surface area contributed by atoms with Crippen molar-refractivity contribution in [2.24, 2.45) is 0 Å². The number of aromatic nitrogens is 3. The summed E-state index contributed by atoms with van der Waals surface area (Å²) in [4.78, 5) is 3.96. The van der Waals surface area contributed by atoms with Crippen LogP contribution in [-0.4, -0.2) is 22.3 Å². The number of hydrogen-bond donors (Lipinski definition) is 1. The third kappa shape index (κ3) is 2.14. The van der Waals surface area contributed by atoms with Crippen molar-refractivity contribution in [3.05, 3.63) is 54.6 Å². The van der Waals surface area contributed by atoms with Gasteiger partial charge in [-0.3, -0.25) is 10.1 Å². The molecule has 0 amide bonds. The van der Waals surface area contributed by atoms with E-state index in [0.717, 1.165) is 11.3 Å². The number of aromatic amines is 1. The highest BCUT2D eigenvalue weighted by Crippen LogP contribution is 2.32. The number of halogens is 1. The molecule has 5 heteroatoms. The van der Waals surface area contributed by atoms with Crippen molar-refractivity contribution in [3.8, 4) is 28.3 Å². The number of pyridine rings is 1. The summed E-state index contributed by atoms with van der Waals surface area (Å²) in [6.07, 6.45) is 3.38. The summed E-state index contributed by atoms with van der Waals surface area (Å²) in [5.41, 5.74) is 2.60. The zero-order valence-corrected chi connectivity index (χ0v) is 10.8. The summed E-state index contributed by atoms with van der Waals surface area (Å²) in [7, 11) is 1.51. The molecule has 0 aliphatic rings. The zero-order valence-electron chi connectivity index (χ0n) is 10.8. The highest BCUT2D eigenvalue weighted by atomic mass is 19.1. The van der Waals surface area contributed by atoms with E-state index in [1.807, 2.05) is 12.1 Å². The number of nitrogens with zero attached hydrogens (tertiary/aromatic N) is 2. The van der Waals surface area contributed by atoms with Crippen molar-refractivity contribution in [2.75, 3.05) is 7.11 Å².